The van der Waals surface area contributed by atoms with Crippen molar-refractivity contribution in [3.8, 4) is 10.9 Å². The lowest BCUT2D eigenvalue weighted by molar-refractivity contribution is -0.135. The molecule has 1 amide bonds. The predicted molar refractivity (Wildman–Crippen MR) is 107 cm³/mol. The molecule has 0 atom stereocenters. The SMILES string of the molecule is O=C(COc1ccc(Cl)cc1)N1CCC(Oc2nc3c(F)cccc3s2)CC1. The summed E-state index contributed by atoms with van der Waals surface area (Å²) in [5.74, 6) is 0.208. The Morgan fingerprint density at radius 3 is 2.68 bits per heavy atom. The third kappa shape index (κ3) is 4.36. The van der Waals surface area contributed by atoms with E-state index in [4.69, 9.17) is 21.1 Å². The van der Waals surface area contributed by atoms with Gasteiger partial charge in [0.25, 0.3) is 11.1 Å². The topological polar surface area (TPSA) is 51.7 Å². The molecule has 1 aliphatic rings. The van der Waals surface area contributed by atoms with Gasteiger partial charge in [-0.05, 0) is 36.4 Å². The Labute approximate surface area is 170 Å². The summed E-state index contributed by atoms with van der Waals surface area (Å²) in [6.45, 7) is 1.17. The van der Waals surface area contributed by atoms with Gasteiger partial charge in [-0.3, -0.25) is 4.79 Å². The first-order valence-electron chi connectivity index (χ1n) is 8.96. The molecule has 0 aliphatic carbocycles. The van der Waals surface area contributed by atoms with E-state index in [0.717, 1.165) is 4.70 Å². The van der Waals surface area contributed by atoms with Crippen molar-refractivity contribution >= 4 is 39.1 Å². The van der Waals surface area contributed by atoms with Crippen molar-refractivity contribution in [2.24, 2.45) is 0 Å². The molecule has 8 heteroatoms. The van der Waals surface area contributed by atoms with Crippen molar-refractivity contribution in [3.05, 3.63) is 53.3 Å². The van der Waals surface area contributed by atoms with Gasteiger partial charge in [0.05, 0.1) is 4.70 Å². The summed E-state index contributed by atoms with van der Waals surface area (Å²) in [7, 11) is 0. The van der Waals surface area contributed by atoms with Gasteiger partial charge in [0, 0.05) is 31.0 Å². The van der Waals surface area contributed by atoms with E-state index >= 15 is 0 Å². The standard InChI is InChI=1S/C20H18ClFN2O3S/c21-13-4-6-14(7-5-13)26-12-18(25)24-10-8-15(9-11-24)27-20-23-19-16(22)2-1-3-17(19)28-20/h1-7,15H,8-12H2. The van der Waals surface area contributed by atoms with Crippen molar-refractivity contribution in [2.75, 3.05) is 19.7 Å². The second kappa shape index (κ2) is 8.32. The van der Waals surface area contributed by atoms with E-state index in [1.165, 1.54) is 17.4 Å². The molecule has 2 aromatic carbocycles. The quantitative estimate of drug-likeness (QED) is 0.608. The Balaban J connectivity index is 1.27. The molecule has 1 saturated heterocycles. The smallest absolute Gasteiger partial charge is 0.274 e. The molecule has 146 valence electrons. The number of likely N-dealkylation sites (tertiary alicyclic amines) is 1. The van der Waals surface area contributed by atoms with Crippen molar-refractivity contribution in [3.63, 3.8) is 0 Å². The number of benzene rings is 2. The first-order valence-corrected chi connectivity index (χ1v) is 10.2. The molecule has 3 aromatic rings. The lowest BCUT2D eigenvalue weighted by Gasteiger charge is -2.31. The molecule has 4 rings (SSSR count). The van der Waals surface area contributed by atoms with Crippen LogP contribution in [0.2, 0.25) is 5.02 Å². The zero-order chi connectivity index (χ0) is 19.5. The Hall–Kier alpha value is -2.38. The number of hydrogen-bond acceptors (Lipinski definition) is 5. The lowest BCUT2D eigenvalue weighted by Crippen LogP contribution is -2.43. The van der Waals surface area contributed by atoms with Crippen LogP contribution in [0.25, 0.3) is 10.2 Å². The van der Waals surface area contributed by atoms with Gasteiger partial charge < -0.3 is 14.4 Å². The van der Waals surface area contributed by atoms with E-state index < -0.39 is 0 Å². The fraction of sp³-hybridized carbons (Fsp3) is 0.300. The summed E-state index contributed by atoms with van der Waals surface area (Å²) < 4.78 is 26.0. The van der Waals surface area contributed by atoms with E-state index in [9.17, 15) is 9.18 Å². The monoisotopic (exact) mass is 420 g/mol. The maximum absolute atomic E-state index is 13.8. The van der Waals surface area contributed by atoms with Crippen LogP contribution in [0.5, 0.6) is 10.9 Å². The number of piperidine rings is 1. The Morgan fingerprint density at radius 1 is 1.21 bits per heavy atom. The van der Waals surface area contributed by atoms with Gasteiger partial charge in [0.2, 0.25) is 0 Å². The molecule has 1 fully saturated rings. The second-order valence-electron chi connectivity index (χ2n) is 6.51. The molecule has 0 spiro atoms. The average molecular weight is 421 g/mol. The average Bonchev–Trinajstić information content (AvgIpc) is 3.12. The number of hydrogen-bond donors (Lipinski definition) is 0. The number of aromatic nitrogens is 1. The molecule has 0 N–H and O–H groups in total. The minimum absolute atomic E-state index is 0.00962. The Morgan fingerprint density at radius 2 is 1.96 bits per heavy atom. The van der Waals surface area contributed by atoms with Crippen molar-refractivity contribution < 1.29 is 18.7 Å². The van der Waals surface area contributed by atoms with Gasteiger partial charge >= 0.3 is 0 Å². The van der Waals surface area contributed by atoms with Gasteiger partial charge in [-0.2, -0.15) is 4.98 Å². The number of ether oxygens (including phenoxy) is 2. The summed E-state index contributed by atoms with van der Waals surface area (Å²) in [4.78, 5) is 18.4. The predicted octanol–water partition coefficient (Wildman–Crippen LogP) is 4.54. The summed E-state index contributed by atoms with van der Waals surface area (Å²) in [6, 6.07) is 11.8. The molecule has 0 unspecified atom stereocenters. The van der Waals surface area contributed by atoms with Crippen molar-refractivity contribution in [1.29, 1.82) is 0 Å². The van der Waals surface area contributed by atoms with Gasteiger partial charge in [-0.1, -0.05) is 29.0 Å². The summed E-state index contributed by atoms with van der Waals surface area (Å²) in [5, 5.41) is 1.09. The fourth-order valence-corrected chi connectivity index (χ4v) is 4.10. The highest BCUT2D eigenvalue weighted by Crippen LogP contribution is 2.31. The number of amides is 1. The number of rotatable bonds is 5. The summed E-state index contributed by atoms with van der Waals surface area (Å²) in [6.07, 6.45) is 1.36. The van der Waals surface area contributed by atoms with Gasteiger partial charge in [0.1, 0.15) is 23.2 Å². The maximum Gasteiger partial charge on any atom is 0.274 e. The van der Waals surface area contributed by atoms with Crippen LogP contribution < -0.4 is 9.47 Å². The minimum Gasteiger partial charge on any atom is -0.484 e. The van der Waals surface area contributed by atoms with E-state index in [1.807, 2.05) is 6.07 Å². The highest BCUT2D eigenvalue weighted by atomic mass is 35.5. The van der Waals surface area contributed by atoms with Crippen LogP contribution in [-0.2, 0) is 4.79 Å². The molecule has 0 bridgehead atoms. The number of para-hydroxylation sites is 1. The van der Waals surface area contributed by atoms with Crippen LogP contribution in [-0.4, -0.2) is 41.6 Å². The maximum atomic E-state index is 13.8. The van der Waals surface area contributed by atoms with Crippen LogP contribution in [0, 0.1) is 5.82 Å². The zero-order valence-electron chi connectivity index (χ0n) is 14.9. The van der Waals surface area contributed by atoms with Crippen molar-refractivity contribution in [2.45, 2.75) is 18.9 Å². The highest BCUT2D eigenvalue weighted by Gasteiger charge is 2.25. The zero-order valence-corrected chi connectivity index (χ0v) is 16.5. The van der Waals surface area contributed by atoms with Gasteiger partial charge in [-0.25, -0.2) is 4.39 Å². The van der Waals surface area contributed by atoms with E-state index in [2.05, 4.69) is 4.98 Å². The Kier molecular flexibility index (Phi) is 5.64. The number of carbonyl (C=O) groups excluding carboxylic acids is 1. The van der Waals surface area contributed by atoms with Crippen LogP contribution in [0.4, 0.5) is 4.39 Å². The fourth-order valence-electron chi connectivity index (χ4n) is 3.08. The van der Waals surface area contributed by atoms with E-state index in [0.29, 0.717) is 47.4 Å². The molecule has 5 nitrogen and oxygen atoms in total. The minimum atomic E-state index is -0.343. The van der Waals surface area contributed by atoms with E-state index in [-0.39, 0.29) is 24.4 Å². The molecule has 1 aromatic heterocycles. The molecule has 2 heterocycles. The molecule has 28 heavy (non-hydrogen) atoms. The number of halogens is 2. The van der Waals surface area contributed by atoms with Gasteiger partial charge in [0.15, 0.2) is 6.61 Å². The third-order valence-electron chi connectivity index (χ3n) is 4.59. The number of carbonyl (C=O) groups is 1. The first kappa shape index (κ1) is 19.0. The van der Waals surface area contributed by atoms with Crippen LogP contribution >= 0.6 is 22.9 Å². The van der Waals surface area contributed by atoms with Gasteiger partial charge in [-0.15, -0.1) is 0 Å². The molecule has 0 saturated carbocycles. The number of fused-ring (bicyclic) bond motifs is 1. The molecular formula is C20H18ClFN2O3S. The lowest BCUT2D eigenvalue weighted by atomic mass is 10.1. The molecule has 0 radical (unpaired) electrons. The number of nitrogens with zero attached hydrogens (tertiary/aromatic N) is 2. The first-order chi connectivity index (χ1) is 13.6. The molecular weight excluding hydrogens is 403 g/mol. The second-order valence-corrected chi connectivity index (χ2v) is 7.94. The van der Waals surface area contributed by atoms with Crippen LogP contribution in [0.15, 0.2) is 42.5 Å². The van der Waals surface area contributed by atoms with Crippen molar-refractivity contribution in [1.82, 2.24) is 9.88 Å². The summed E-state index contributed by atoms with van der Waals surface area (Å²) in [5.41, 5.74) is 0.342. The normalized spacial score (nSPS) is 15.0. The Bertz CT molecular complexity index is 971. The molecule has 1 aliphatic heterocycles. The highest BCUT2D eigenvalue weighted by molar-refractivity contribution is 7.20. The third-order valence-corrected chi connectivity index (χ3v) is 5.75. The van der Waals surface area contributed by atoms with Crippen LogP contribution in [0.3, 0.4) is 0 Å². The van der Waals surface area contributed by atoms with Crippen LogP contribution in [0.1, 0.15) is 12.8 Å². The number of thiazole rings is 1. The largest absolute Gasteiger partial charge is 0.484 e. The van der Waals surface area contributed by atoms with E-state index in [1.54, 1.807) is 35.2 Å². The summed E-state index contributed by atoms with van der Waals surface area (Å²) >= 11 is 7.17.